The second kappa shape index (κ2) is 5.19. The van der Waals surface area contributed by atoms with E-state index in [-0.39, 0.29) is 5.92 Å². The summed E-state index contributed by atoms with van der Waals surface area (Å²) in [7, 11) is 0. The summed E-state index contributed by atoms with van der Waals surface area (Å²) < 4.78 is 37.7. The number of hydrogen-bond donors (Lipinski definition) is 0. The molecule has 0 nitrogen and oxygen atoms in total. The van der Waals surface area contributed by atoms with Crippen molar-refractivity contribution in [3.63, 3.8) is 0 Å². The number of hydrogen-bond acceptors (Lipinski definition) is 0. The van der Waals surface area contributed by atoms with E-state index in [9.17, 15) is 13.2 Å². The van der Waals surface area contributed by atoms with Gasteiger partial charge >= 0.3 is 6.18 Å². The molecule has 0 aliphatic rings. The predicted molar refractivity (Wildman–Crippen MR) is 57.5 cm³/mol. The molecule has 0 saturated carbocycles. The average molecular weight is 218 g/mol. The van der Waals surface area contributed by atoms with Gasteiger partial charge in [-0.2, -0.15) is 13.2 Å². The van der Waals surface area contributed by atoms with Crippen LogP contribution in [0.3, 0.4) is 0 Å². The highest BCUT2D eigenvalue weighted by atomic mass is 19.4. The van der Waals surface area contributed by atoms with Crippen LogP contribution in [0.25, 0.3) is 0 Å². The summed E-state index contributed by atoms with van der Waals surface area (Å²) in [6, 6.07) is 0. The zero-order valence-corrected chi connectivity index (χ0v) is 9.57. The molecule has 0 amide bonds. The van der Waals surface area contributed by atoms with Crippen molar-refractivity contribution in [1.82, 2.24) is 0 Å². The van der Waals surface area contributed by atoms with Crippen LogP contribution in [0, 0.1) is 5.92 Å². The summed E-state index contributed by atoms with van der Waals surface area (Å²) in [6.45, 7) is 10.4. The lowest BCUT2D eigenvalue weighted by atomic mass is 10.0. The van der Waals surface area contributed by atoms with E-state index in [0.717, 1.165) is 6.08 Å². The number of allylic oxidation sites excluding steroid dienone is 5. The Labute approximate surface area is 89.2 Å². The molecule has 0 aromatic carbocycles. The van der Waals surface area contributed by atoms with E-state index in [0.29, 0.717) is 11.1 Å². The highest BCUT2D eigenvalue weighted by molar-refractivity contribution is 5.33. The van der Waals surface area contributed by atoms with Gasteiger partial charge in [-0.15, -0.1) is 0 Å². The maximum absolute atomic E-state index is 12.6. The first-order chi connectivity index (χ1) is 6.64. The Morgan fingerprint density at radius 1 is 1.13 bits per heavy atom. The van der Waals surface area contributed by atoms with Gasteiger partial charge in [0, 0.05) is 0 Å². The Balaban J connectivity index is 5.17. The van der Waals surface area contributed by atoms with Crippen LogP contribution in [-0.2, 0) is 0 Å². The lowest BCUT2D eigenvalue weighted by Crippen LogP contribution is -2.11. The fourth-order valence-corrected chi connectivity index (χ4v) is 0.883. The largest absolute Gasteiger partial charge is 0.416 e. The Morgan fingerprint density at radius 3 is 1.87 bits per heavy atom. The maximum Gasteiger partial charge on any atom is 0.416 e. The van der Waals surface area contributed by atoms with Crippen molar-refractivity contribution < 1.29 is 13.2 Å². The van der Waals surface area contributed by atoms with Crippen molar-refractivity contribution in [2.75, 3.05) is 0 Å². The van der Waals surface area contributed by atoms with E-state index in [4.69, 9.17) is 0 Å². The van der Waals surface area contributed by atoms with E-state index >= 15 is 0 Å². The van der Waals surface area contributed by atoms with Crippen molar-refractivity contribution in [2.45, 2.75) is 33.9 Å². The summed E-state index contributed by atoms with van der Waals surface area (Å²) >= 11 is 0. The Kier molecular flexibility index (Phi) is 4.85. The van der Waals surface area contributed by atoms with E-state index in [1.165, 1.54) is 6.08 Å². The summed E-state index contributed by atoms with van der Waals surface area (Å²) in [5, 5.41) is 0. The molecule has 15 heavy (non-hydrogen) atoms. The zero-order valence-electron chi connectivity index (χ0n) is 9.57. The zero-order chi connectivity index (χ0) is 12.2. The van der Waals surface area contributed by atoms with E-state index in [2.05, 4.69) is 6.58 Å². The van der Waals surface area contributed by atoms with Crippen LogP contribution in [0.2, 0.25) is 0 Å². The second-order valence-electron chi connectivity index (χ2n) is 3.99. The van der Waals surface area contributed by atoms with Crippen molar-refractivity contribution in [1.29, 1.82) is 0 Å². The topological polar surface area (TPSA) is 0 Å². The highest BCUT2D eigenvalue weighted by Crippen LogP contribution is 2.29. The molecule has 0 N–H and O–H groups in total. The van der Waals surface area contributed by atoms with Gasteiger partial charge in [0.1, 0.15) is 0 Å². The summed E-state index contributed by atoms with van der Waals surface area (Å²) in [5.74, 6) is 0.112. The van der Waals surface area contributed by atoms with E-state index in [1.54, 1.807) is 13.8 Å². The molecule has 0 fully saturated rings. The summed E-state index contributed by atoms with van der Waals surface area (Å²) in [6.07, 6.45) is -2.07. The highest BCUT2D eigenvalue weighted by Gasteiger charge is 2.31. The van der Waals surface area contributed by atoms with Crippen LogP contribution in [0.15, 0.2) is 35.5 Å². The first-order valence-electron chi connectivity index (χ1n) is 4.77. The molecule has 0 unspecified atom stereocenters. The molecule has 0 spiro atoms. The van der Waals surface area contributed by atoms with Gasteiger partial charge in [-0.05, 0) is 25.8 Å². The minimum atomic E-state index is -4.31. The molecule has 0 saturated heterocycles. The predicted octanol–water partition coefficient (Wildman–Crippen LogP) is 4.65. The molecule has 0 aromatic heterocycles. The molecule has 0 rings (SSSR count). The van der Waals surface area contributed by atoms with Gasteiger partial charge in [-0.1, -0.05) is 37.6 Å². The molecule has 0 heterocycles. The van der Waals surface area contributed by atoms with Crippen LogP contribution in [0.4, 0.5) is 13.2 Å². The van der Waals surface area contributed by atoms with Crippen molar-refractivity contribution >= 4 is 0 Å². The van der Waals surface area contributed by atoms with Gasteiger partial charge in [-0.25, -0.2) is 0 Å². The number of rotatable bonds is 3. The van der Waals surface area contributed by atoms with Crippen LogP contribution in [0.1, 0.15) is 27.7 Å². The average Bonchev–Trinajstić information content (AvgIpc) is 2.00. The Morgan fingerprint density at radius 2 is 1.60 bits per heavy atom. The molecule has 0 radical (unpaired) electrons. The van der Waals surface area contributed by atoms with Gasteiger partial charge in [0.25, 0.3) is 0 Å². The van der Waals surface area contributed by atoms with Crippen LogP contribution < -0.4 is 0 Å². The smallest absolute Gasteiger partial charge is 0.166 e. The van der Waals surface area contributed by atoms with Crippen LogP contribution in [-0.4, -0.2) is 6.18 Å². The van der Waals surface area contributed by atoms with Crippen LogP contribution in [0.5, 0.6) is 0 Å². The third-order valence-electron chi connectivity index (χ3n) is 2.02. The molecule has 3 heteroatoms. The molecular formula is C12H17F3. The van der Waals surface area contributed by atoms with E-state index in [1.807, 2.05) is 13.8 Å². The van der Waals surface area contributed by atoms with Crippen LogP contribution >= 0.6 is 0 Å². The Hall–Kier alpha value is -0.990. The van der Waals surface area contributed by atoms with Gasteiger partial charge in [0.05, 0.1) is 5.57 Å². The fraction of sp³-hybridized carbons (Fsp3) is 0.500. The first kappa shape index (κ1) is 14.0. The van der Waals surface area contributed by atoms with Gasteiger partial charge in [-0.3, -0.25) is 0 Å². The molecular weight excluding hydrogens is 201 g/mol. The van der Waals surface area contributed by atoms with Gasteiger partial charge in [0.2, 0.25) is 0 Å². The second-order valence-corrected chi connectivity index (χ2v) is 3.99. The van der Waals surface area contributed by atoms with E-state index < -0.39 is 11.7 Å². The number of alkyl halides is 3. The number of halogens is 3. The standard InChI is InChI=1S/C12H17F3/c1-8(2)6-11(12(13,14)15)7-10(5)9(3)4/h6-7,9H,1H2,2-5H3/b10-7+,11-6+. The lowest BCUT2D eigenvalue weighted by molar-refractivity contribution is -0.0883. The summed E-state index contributed by atoms with van der Waals surface area (Å²) in [5.41, 5.74) is 0.469. The molecule has 0 aromatic rings. The first-order valence-corrected chi connectivity index (χ1v) is 4.77. The Bertz CT molecular complexity index is 290. The summed E-state index contributed by atoms with van der Waals surface area (Å²) in [4.78, 5) is 0. The quantitative estimate of drug-likeness (QED) is 0.605. The molecule has 0 bridgehead atoms. The third kappa shape index (κ3) is 5.45. The van der Waals surface area contributed by atoms with Gasteiger partial charge < -0.3 is 0 Å². The minimum Gasteiger partial charge on any atom is -0.166 e. The normalized spacial score (nSPS) is 14.7. The van der Waals surface area contributed by atoms with Crippen molar-refractivity contribution in [2.24, 2.45) is 5.92 Å². The van der Waals surface area contributed by atoms with Crippen molar-refractivity contribution in [3.8, 4) is 0 Å². The maximum atomic E-state index is 12.6. The van der Waals surface area contributed by atoms with Gasteiger partial charge in [0.15, 0.2) is 0 Å². The minimum absolute atomic E-state index is 0.112. The van der Waals surface area contributed by atoms with Crippen molar-refractivity contribution in [3.05, 3.63) is 35.5 Å². The fourth-order valence-electron chi connectivity index (χ4n) is 0.883. The monoisotopic (exact) mass is 218 g/mol. The lowest BCUT2D eigenvalue weighted by Gasteiger charge is -2.11. The molecule has 0 aliphatic heterocycles. The SMILES string of the molecule is C=C(C)/C=C(\C=C(/C)C(C)C)C(F)(F)F. The molecule has 86 valence electrons. The third-order valence-corrected chi connectivity index (χ3v) is 2.02. The molecule has 0 aliphatic carbocycles. The molecule has 0 atom stereocenters.